The Hall–Kier alpha value is -0.960. The maximum Gasteiger partial charge on any atom is 0.129 e. The van der Waals surface area contributed by atoms with E-state index in [2.05, 4.69) is 0 Å². The Morgan fingerprint density at radius 2 is 2.09 bits per heavy atom. The summed E-state index contributed by atoms with van der Waals surface area (Å²) in [5.41, 5.74) is 5.88. The van der Waals surface area contributed by atoms with Crippen LogP contribution in [0.25, 0.3) is 0 Å². The van der Waals surface area contributed by atoms with Crippen LogP contribution in [0, 0.1) is 5.82 Å². The van der Waals surface area contributed by atoms with Crippen LogP contribution in [0.15, 0.2) is 18.2 Å². The van der Waals surface area contributed by atoms with Gasteiger partial charge in [-0.1, -0.05) is 12.1 Å². The first-order chi connectivity index (χ1) is 5.29. The number of benzene rings is 1. The van der Waals surface area contributed by atoms with Crippen molar-refractivity contribution >= 4 is 0 Å². The zero-order valence-electron chi connectivity index (χ0n) is 5.98. The molecule has 3 heteroatoms. The first-order valence-corrected chi connectivity index (χ1v) is 3.32. The molecule has 0 aliphatic carbocycles. The van der Waals surface area contributed by atoms with Crippen LogP contribution >= 0.6 is 0 Å². The van der Waals surface area contributed by atoms with Gasteiger partial charge >= 0.3 is 0 Å². The Bertz CT molecular complexity index is 248. The standard InChI is InChI=1S/C8H9F2N/c9-4-7-6(5-11)2-1-3-8(7)10/h1-3H,4-5,11H2. The second-order valence-corrected chi connectivity index (χ2v) is 2.22. The second kappa shape index (κ2) is 3.44. The highest BCUT2D eigenvalue weighted by Gasteiger charge is 2.05. The van der Waals surface area contributed by atoms with E-state index in [1.54, 1.807) is 6.07 Å². The van der Waals surface area contributed by atoms with E-state index in [1.165, 1.54) is 12.1 Å². The van der Waals surface area contributed by atoms with Crippen molar-refractivity contribution in [2.45, 2.75) is 13.2 Å². The third-order valence-electron chi connectivity index (χ3n) is 1.57. The van der Waals surface area contributed by atoms with Crippen molar-refractivity contribution in [3.63, 3.8) is 0 Å². The van der Waals surface area contributed by atoms with Crippen molar-refractivity contribution in [1.29, 1.82) is 0 Å². The van der Waals surface area contributed by atoms with Crippen LogP contribution in [-0.2, 0) is 13.2 Å². The minimum absolute atomic E-state index is 0.0787. The average Bonchev–Trinajstić information content (AvgIpc) is 2.04. The minimum atomic E-state index is -0.792. The van der Waals surface area contributed by atoms with Gasteiger partial charge in [-0.15, -0.1) is 0 Å². The van der Waals surface area contributed by atoms with Crippen LogP contribution in [0.1, 0.15) is 11.1 Å². The lowest BCUT2D eigenvalue weighted by Crippen LogP contribution is -2.02. The summed E-state index contributed by atoms with van der Waals surface area (Å²) in [4.78, 5) is 0. The minimum Gasteiger partial charge on any atom is -0.326 e. The summed E-state index contributed by atoms with van der Waals surface area (Å²) < 4.78 is 24.9. The Morgan fingerprint density at radius 3 is 2.55 bits per heavy atom. The van der Waals surface area contributed by atoms with E-state index in [0.717, 1.165) is 0 Å². The van der Waals surface area contributed by atoms with E-state index in [1.807, 2.05) is 0 Å². The topological polar surface area (TPSA) is 26.0 Å². The van der Waals surface area contributed by atoms with Gasteiger partial charge in [0.05, 0.1) is 0 Å². The summed E-state index contributed by atoms with van der Waals surface area (Å²) >= 11 is 0. The molecular weight excluding hydrogens is 148 g/mol. The molecule has 0 saturated heterocycles. The molecule has 0 aliphatic rings. The highest BCUT2D eigenvalue weighted by molar-refractivity contribution is 5.27. The summed E-state index contributed by atoms with van der Waals surface area (Å²) in [7, 11) is 0. The van der Waals surface area contributed by atoms with Crippen LogP contribution in [0.3, 0.4) is 0 Å². The fourth-order valence-corrected chi connectivity index (χ4v) is 0.944. The highest BCUT2D eigenvalue weighted by Crippen LogP contribution is 2.13. The molecule has 0 aromatic heterocycles. The summed E-state index contributed by atoms with van der Waals surface area (Å²) in [5, 5.41) is 0. The van der Waals surface area contributed by atoms with Gasteiger partial charge in [0.1, 0.15) is 12.5 Å². The zero-order chi connectivity index (χ0) is 8.27. The zero-order valence-corrected chi connectivity index (χ0v) is 5.98. The predicted octanol–water partition coefficient (Wildman–Crippen LogP) is 1.75. The lowest BCUT2D eigenvalue weighted by Gasteiger charge is -2.03. The lowest BCUT2D eigenvalue weighted by molar-refractivity contribution is 0.460. The van der Waals surface area contributed by atoms with E-state index >= 15 is 0 Å². The third-order valence-corrected chi connectivity index (χ3v) is 1.57. The SMILES string of the molecule is NCc1cccc(F)c1CF. The first-order valence-electron chi connectivity index (χ1n) is 3.32. The van der Waals surface area contributed by atoms with Gasteiger partial charge < -0.3 is 5.73 Å². The Morgan fingerprint density at radius 1 is 1.36 bits per heavy atom. The fourth-order valence-electron chi connectivity index (χ4n) is 0.944. The van der Waals surface area contributed by atoms with Crippen LogP contribution in [-0.4, -0.2) is 0 Å². The van der Waals surface area contributed by atoms with E-state index in [-0.39, 0.29) is 12.1 Å². The normalized spacial score (nSPS) is 10.1. The highest BCUT2D eigenvalue weighted by atomic mass is 19.1. The molecule has 0 amide bonds. The summed E-state index contributed by atoms with van der Waals surface area (Å²) in [5.74, 6) is -0.518. The maximum atomic E-state index is 12.7. The summed E-state index contributed by atoms with van der Waals surface area (Å²) in [6.07, 6.45) is 0. The fraction of sp³-hybridized carbons (Fsp3) is 0.250. The Balaban J connectivity index is 3.13. The van der Waals surface area contributed by atoms with Gasteiger partial charge in [0.25, 0.3) is 0 Å². The number of rotatable bonds is 2. The molecule has 1 rings (SSSR count). The third kappa shape index (κ3) is 1.54. The van der Waals surface area contributed by atoms with Gasteiger partial charge in [0.15, 0.2) is 0 Å². The monoisotopic (exact) mass is 157 g/mol. The number of alkyl halides is 1. The molecule has 0 fully saturated rings. The first kappa shape index (κ1) is 8.14. The van der Waals surface area contributed by atoms with E-state index in [4.69, 9.17) is 5.73 Å². The van der Waals surface area contributed by atoms with E-state index < -0.39 is 12.5 Å². The van der Waals surface area contributed by atoms with Crippen molar-refractivity contribution in [2.24, 2.45) is 5.73 Å². The molecule has 0 bridgehead atoms. The number of nitrogens with two attached hydrogens (primary N) is 1. The largest absolute Gasteiger partial charge is 0.326 e. The van der Waals surface area contributed by atoms with Crippen molar-refractivity contribution in [2.75, 3.05) is 0 Å². The molecule has 1 aromatic carbocycles. The molecule has 11 heavy (non-hydrogen) atoms. The lowest BCUT2D eigenvalue weighted by atomic mass is 10.1. The van der Waals surface area contributed by atoms with Gasteiger partial charge in [-0.2, -0.15) is 0 Å². The molecular formula is C8H9F2N. The number of hydrogen-bond acceptors (Lipinski definition) is 1. The smallest absolute Gasteiger partial charge is 0.129 e. The van der Waals surface area contributed by atoms with E-state index in [0.29, 0.717) is 5.56 Å². The van der Waals surface area contributed by atoms with Crippen LogP contribution < -0.4 is 5.73 Å². The van der Waals surface area contributed by atoms with Crippen molar-refractivity contribution in [1.82, 2.24) is 0 Å². The van der Waals surface area contributed by atoms with Crippen molar-refractivity contribution in [3.05, 3.63) is 35.1 Å². The summed E-state index contributed by atoms with van der Waals surface area (Å²) in [6, 6.07) is 4.38. The molecule has 0 saturated carbocycles. The van der Waals surface area contributed by atoms with Crippen molar-refractivity contribution < 1.29 is 8.78 Å². The molecule has 0 heterocycles. The maximum absolute atomic E-state index is 12.7. The molecule has 0 unspecified atom stereocenters. The molecule has 2 N–H and O–H groups in total. The summed E-state index contributed by atoms with van der Waals surface area (Å²) in [6.45, 7) is -0.615. The van der Waals surface area contributed by atoms with Crippen LogP contribution in [0.5, 0.6) is 0 Å². The second-order valence-electron chi connectivity index (χ2n) is 2.22. The number of hydrogen-bond donors (Lipinski definition) is 1. The molecule has 0 radical (unpaired) electrons. The quantitative estimate of drug-likeness (QED) is 0.695. The van der Waals surface area contributed by atoms with Gasteiger partial charge in [-0.05, 0) is 11.6 Å². The van der Waals surface area contributed by atoms with Crippen LogP contribution in [0.2, 0.25) is 0 Å². The molecule has 0 spiro atoms. The average molecular weight is 157 g/mol. The Kier molecular flexibility index (Phi) is 2.54. The number of halogens is 2. The molecule has 0 aliphatic heterocycles. The molecule has 0 atom stereocenters. The van der Waals surface area contributed by atoms with Crippen molar-refractivity contribution in [3.8, 4) is 0 Å². The van der Waals surface area contributed by atoms with Gasteiger partial charge in [0.2, 0.25) is 0 Å². The van der Waals surface area contributed by atoms with Gasteiger partial charge in [-0.25, -0.2) is 8.78 Å². The molecule has 60 valence electrons. The molecule has 1 aromatic rings. The van der Waals surface area contributed by atoms with Crippen LogP contribution in [0.4, 0.5) is 8.78 Å². The van der Waals surface area contributed by atoms with E-state index in [9.17, 15) is 8.78 Å². The molecule has 1 nitrogen and oxygen atoms in total. The predicted molar refractivity (Wildman–Crippen MR) is 39.1 cm³/mol. The van der Waals surface area contributed by atoms with Gasteiger partial charge in [0, 0.05) is 12.1 Å². The Labute approximate surface area is 63.8 Å². The van der Waals surface area contributed by atoms with Gasteiger partial charge in [-0.3, -0.25) is 0 Å².